The van der Waals surface area contributed by atoms with E-state index in [0.717, 1.165) is 5.56 Å². The van der Waals surface area contributed by atoms with Crippen molar-refractivity contribution in [1.29, 1.82) is 0 Å². The minimum absolute atomic E-state index is 0.152. The molecular formula is C11H14N2O2. The van der Waals surface area contributed by atoms with Crippen molar-refractivity contribution in [2.75, 3.05) is 13.2 Å². The lowest BCUT2D eigenvalue weighted by molar-refractivity contribution is -0.144. The number of hydrogen-bond acceptors (Lipinski definition) is 4. The number of nitrogens with one attached hydrogen (secondary N) is 1. The molecule has 0 aliphatic carbocycles. The zero-order chi connectivity index (χ0) is 10.7. The molecule has 0 aromatic heterocycles. The monoisotopic (exact) mass is 206 g/mol. The number of benzene rings is 1. The van der Waals surface area contributed by atoms with Crippen molar-refractivity contribution in [3.05, 3.63) is 35.9 Å². The molecule has 1 aromatic rings. The SMILES string of the molecule is N[C@@H]1C(=O)OCCN[C@@H]1c1ccccc1. The average Bonchev–Trinajstić information content (AvgIpc) is 2.44. The molecular weight excluding hydrogens is 192 g/mol. The van der Waals surface area contributed by atoms with E-state index in [2.05, 4.69) is 5.32 Å². The smallest absolute Gasteiger partial charge is 0.324 e. The van der Waals surface area contributed by atoms with Crippen LogP contribution < -0.4 is 11.1 Å². The van der Waals surface area contributed by atoms with Crippen LogP contribution in [0.1, 0.15) is 11.6 Å². The number of carbonyl (C=O) groups excluding carboxylic acids is 1. The van der Waals surface area contributed by atoms with E-state index in [-0.39, 0.29) is 12.0 Å². The third kappa shape index (κ3) is 2.16. The van der Waals surface area contributed by atoms with Crippen LogP contribution in [0.5, 0.6) is 0 Å². The van der Waals surface area contributed by atoms with Gasteiger partial charge >= 0.3 is 5.97 Å². The van der Waals surface area contributed by atoms with Crippen molar-refractivity contribution in [3.8, 4) is 0 Å². The minimum Gasteiger partial charge on any atom is -0.463 e. The number of carbonyl (C=O) groups is 1. The van der Waals surface area contributed by atoms with Gasteiger partial charge in [-0.25, -0.2) is 0 Å². The molecule has 0 spiro atoms. The number of hydrogen-bond donors (Lipinski definition) is 2. The molecule has 3 N–H and O–H groups in total. The second-order valence-electron chi connectivity index (χ2n) is 3.54. The van der Waals surface area contributed by atoms with Crippen molar-refractivity contribution in [3.63, 3.8) is 0 Å². The number of nitrogens with two attached hydrogens (primary N) is 1. The molecule has 2 atom stereocenters. The molecule has 1 heterocycles. The maximum absolute atomic E-state index is 11.4. The standard InChI is InChI=1S/C11H14N2O2/c12-9-10(8-4-2-1-3-5-8)13-6-7-15-11(9)14/h1-5,9-10,13H,6-7,12H2/t9-,10+/m0/s1. The van der Waals surface area contributed by atoms with Gasteiger partial charge in [0.15, 0.2) is 0 Å². The predicted molar refractivity (Wildman–Crippen MR) is 56.1 cm³/mol. The zero-order valence-corrected chi connectivity index (χ0v) is 8.35. The summed E-state index contributed by atoms with van der Waals surface area (Å²) in [4.78, 5) is 11.4. The van der Waals surface area contributed by atoms with Crippen LogP contribution in [-0.2, 0) is 9.53 Å². The van der Waals surface area contributed by atoms with E-state index >= 15 is 0 Å². The molecule has 0 radical (unpaired) electrons. The third-order valence-electron chi connectivity index (χ3n) is 2.50. The lowest BCUT2D eigenvalue weighted by Crippen LogP contribution is -2.41. The van der Waals surface area contributed by atoms with Crippen molar-refractivity contribution in [1.82, 2.24) is 5.32 Å². The van der Waals surface area contributed by atoms with E-state index < -0.39 is 6.04 Å². The van der Waals surface area contributed by atoms with Crippen LogP contribution >= 0.6 is 0 Å². The van der Waals surface area contributed by atoms with Gasteiger partial charge in [-0.05, 0) is 5.56 Å². The summed E-state index contributed by atoms with van der Waals surface area (Å²) in [6.07, 6.45) is 0. The highest BCUT2D eigenvalue weighted by atomic mass is 16.5. The van der Waals surface area contributed by atoms with Gasteiger partial charge in [0, 0.05) is 6.54 Å². The molecule has 1 aliphatic heterocycles. The quantitative estimate of drug-likeness (QED) is 0.644. The van der Waals surface area contributed by atoms with Gasteiger partial charge in [0.2, 0.25) is 0 Å². The van der Waals surface area contributed by atoms with Crippen molar-refractivity contribution >= 4 is 5.97 Å². The summed E-state index contributed by atoms with van der Waals surface area (Å²) < 4.78 is 4.94. The van der Waals surface area contributed by atoms with Crippen LogP contribution in [0, 0.1) is 0 Å². The molecule has 1 saturated heterocycles. The Kier molecular flexibility index (Phi) is 2.99. The maximum Gasteiger partial charge on any atom is 0.324 e. The van der Waals surface area contributed by atoms with Gasteiger partial charge in [-0.2, -0.15) is 0 Å². The summed E-state index contributed by atoms with van der Waals surface area (Å²) in [6, 6.07) is 8.92. The molecule has 4 heteroatoms. The lowest BCUT2D eigenvalue weighted by atomic mass is 10.0. The van der Waals surface area contributed by atoms with Crippen LogP contribution in [0.2, 0.25) is 0 Å². The first-order valence-electron chi connectivity index (χ1n) is 4.99. The van der Waals surface area contributed by atoms with Crippen molar-refractivity contribution in [2.24, 2.45) is 5.73 Å². The van der Waals surface area contributed by atoms with Gasteiger partial charge < -0.3 is 15.8 Å². The average molecular weight is 206 g/mol. The lowest BCUT2D eigenvalue weighted by Gasteiger charge is -2.20. The van der Waals surface area contributed by atoms with Crippen molar-refractivity contribution in [2.45, 2.75) is 12.1 Å². The highest BCUT2D eigenvalue weighted by Gasteiger charge is 2.29. The summed E-state index contributed by atoms with van der Waals surface area (Å²) in [7, 11) is 0. The molecule has 0 amide bonds. The largest absolute Gasteiger partial charge is 0.463 e. The number of rotatable bonds is 1. The fraction of sp³-hybridized carbons (Fsp3) is 0.364. The Morgan fingerprint density at radius 3 is 2.80 bits per heavy atom. The fourth-order valence-electron chi connectivity index (χ4n) is 1.71. The Bertz CT molecular complexity index is 340. The predicted octanol–water partition coefficient (Wildman–Crippen LogP) is 0.201. The first-order valence-corrected chi connectivity index (χ1v) is 4.99. The molecule has 1 aliphatic rings. The molecule has 0 saturated carbocycles. The Hall–Kier alpha value is -1.39. The summed E-state index contributed by atoms with van der Waals surface area (Å²) >= 11 is 0. The summed E-state index contributed by atoms with van der Waals surface area (Å²) in [5, 5.41) is 3.21. The van der Waals surface area contributed by atoms with Crippen LogP contribution in [0.15, 0.2) is 30.3 Å². The summed E-state index contributed by atoms with van der Waals surface area (Å²) in [5.41, 5.74) is 6.83. The summed E-state index contributed by atoms with van der Waals surface area (Å²) in [6.45, 7) is 1.02. The van der Waals surface area contributed by atoms with Crippen LogP contribution in [-0.4, -0.2) is 25.2 Å². The van der Waals surface area contributed by atoms with E-state index in [9.17, 15) is 4.79 Å². The normalized spacial score (nSPS) is 26.9. The Labute approximate surface area is 88.4 Å². The van der Waals surface area contributed by atoms with Gasteiger partial charge in [-0.1, -0.05) is 30.3 Å². The molecule has 1 aromatic carbocycles. The van der Waals surface area contributed by atoms with E-state index in [1.54, 1.807) is 0 Å². The molecule has 4 nitrogen and oxygen atoms in total. The topological polar surface area (TPSA) is 64.4 Å². The molecule has 0 bridgehead atoms. The maximum atomic E-state index is 11.4. The van der Waals surface area contributed by atoms with Crippen LogP contribution in [0.4, 0.5) is 0 Å². The molecule has 1 fully saturated rings. The van der Waals surface area contributed by atoms with Gasteiger partial charge in [0.05, 0.1) is 6.04 Å². The number of cyclic esters (lactones) is 1. The first-order chi connectivity index (χ1) is 7.29. The molecule has 2 rings (SSSR count). The Morgan fingerprint density at radius 1 is 1.33 bits per heavy atom. The van der Waals surface area contributed by atoms with Gasteiger partial charge in [0.1, 0.15) is 12.6 Å². The second kappa shape index (κ2) is 4.42. The highest BCUT2D eigenvalue weighted by molar-refractivity contribution is 5.77. The second-order valence-corrected chi connectivity index (χ2v) is 3.54. The fourth-order valence-corrected chi connectivity index (χ4v) is 1.71. The number of ether oxygens (including phenoxy) is 1. The zero-order valence-electron chi connectivity index (χ0n) is 8.35. The first kappa shape index (κ1) is 10.1. The van der Waals surface area contributed by atoms with Gasteiger partial charge in [0.25, 0.3) is 0 Å². The van der Waals surface area contributed by atoms with E-state index in [0.29, 0.717) is 13.2 Å². The third-order valence-corrected chi connectivity index (χ3v) is 2.50. The van der Waals surface area contributed by atoms with Crippen LogP contribution in [0.3, 0.4) is 0 Å². The highest BCUT2D eigenvalue weighted by Crippen LogP contribution is 2.17. The van der Waals surface area contributed by atoms with Crippen LogP contribution in [0.25, 0.3) is 0 Å². The Morgan fingerprint density at radius 2 is 2.07 bits per heavy atom. The Balaban J connectivity index is 2.23. The van der Waals surface area contributed by atoms with E-state index in [1.807, 2.05) is 30.3 Å². The van der Waals surface area contributed by atoms with E-state index in [1.165, 1.54) is 0 Å². The van der Waals surface area contributed by atoms with Crippen molar-refractivity contribution < 1.29 is 9.53 Å². The van der Waals surface area contributed by atoms with Gasteiger partial charge in [-0.15, -0.1) is 0 Å². The minimum atomic E-state index is -0.630. The summed E-state index contributed by atoms with van der Waals surface area (Å²) in [5.74, 6) is -0.339. The molecule has 80 valence electrons. The molecule has 15 heavy (non-hydrogen) atoms. The van der Waals surface area contributed by atoms with Gasteiger partial charge in [-0.3, -0.25) is 4.79 Å². The van der Waals surface area contributed by atoms with E-state index in [4.69, 9.17) is 10.5 Å². The molecule has 0 unspecified atom stereocenters. The number of esters is 1.